The molecule has 1 amide bonds. The van der Waals surface area contributed by atoms with Crippen molar-refractivity contribution >= 4 is 50.6 Å². The van der Waals surface area contributed by atoms with Crippen LogP contribution >= 0.6 is 23.1 Å². The zero-order valence-corrected chi connectivity index (χ0v) is 17.0. The molecule has 2 aromatic carbocycles. The summed E-state index contributed by atoms with van der Waals surface area (Å²) in [5.74, 6) is 0.698. The molecule has 140 valence electrons. The zero-order valence-electron chi connectivity index (χ0n) is 15.3. The molecule has 0 radical (unpaired) electrons. The lowest BCUT2D eigenvalue weighted by molar-refractivity contribution is -0.113. The second-order valence-electron chi connectivity index (χ2n) is 5.97. The number of para-hydroxylation sites is 1. The van der Waals surface area contributed by atoms with Gasteiger partial charge in [-0.05, 0) is 54.1 Å². The third-order valence-electron chi connectivity index (χ3n) is 4.27. The monoisotopic (exact) mass is 407 g/mol. The number of hydrogen-bond acceptors (Lipinski definition) is 6. The second-order valence-corrected chi connectivity index (χ2v) is 7.82. The highest BCUT2D eigenvalue weighted by Gasteiger charge is 2.36. The van der Waals surface area contributed by atoms with Gasteiger partial charge in [-0.1, -0.05) is 30.3 Å². The normalized spacial score (nSPS) is 17.3. The Kier molecular flexibility index (Phi) is 5.27. The van der Waals surface area contributed by atoms with E-state index >= 15 is 0 Å². The van der Waals surface area contributed by atoms with Crippen molar-refractivity contribution in [2.75, 3.05) is 12.0 Å². The van der Waals surface area contributed by atoms with Crippen LogP contribution in [0.5, 0.6) is 5.75 Å². The van der Waals surface area contributed by atoms with E-state index in [0.717, 1.165) is 22.6 Å². The average Bonchev–Trinajstić information content (AvgIpc) is 3.36. The predicted molar refractivity (Wildman–Crippen MR) is 116 cm³/mol. The van der Waals surface area contributed by atoms with Crippen LogP contribution in [-0.2, 0) is 4.79 Å². The van der Waals surface area contributed by atoms with E-state index in [4.69, 9.17) is 4.74 Å². The molecule has 0 saturated carbocycles. The number of carbonyl (C=O) groups excluding carboxylic acids is 1. The maximum Gasteiger partial charge on any atom is 0.271 e. The Morgan fingerprint density at radius 1 is 1.11 bits per heavy atom. The van der Waals surface area contributed by atoms with Crippen molar-refractivity contribution in [3.8, 4) is 5.75 Å². The number of nitrogens with zero attached hydrogens (tertiary/aromatic N) is 3. The fourth-order valence-corrected chi connectivity index (χ4v) is 4.41. The van der Waals surface area contributed by atoms with Gasteiger partial charge in [0, 0.05) is 11.6 Å². The van der Waals surface area contributed by atoms with Crippen LogP contribution < -0.4 is 9.64 Å². The number of thioether (sulfide) groups is 1. The number of thiazole rings is 1. The SMILES string of the molecule is COc1ccc(/C(C)=C2\S/C(=N/c3nccs3)N(c3ccccc3)C2=O)cc1. The van der Waals surface area contributed by atoms with Crippen LogP contribution in [0.3, 0.4) is 0 Å². The second kappa shape index (κ2) is 8.00. The van der Waals surface area contributed by atoms with Crippen LogP contribution in [0.15, 0.2) is 76.1 Å². The summed E-state index contributed by atoms with van der Waals surface area (Å²) >= 11 is 2.81. The molecule has 0 aliphatic carbocycles. The fraction of sp³-hybridized carbons (Fsp3) is 0.0952. The van der Waals surface area contributed by atoms with Gasteiger partial charge in [0.1, 0.15) is 5.75 Å². The molecule has 0 N–H and O–H groups in total. The first-order valence-electron chi connectivity index (χ1n) is 8.58. The number of amides is 1. The summed E-state index contributed by atoms with van der Waals surface area (Å²) in [5.41, 5.74) is 2.66. The van der Waals surface area contributed by atoms with Crippen molar-refractivity contribution in [3.05, 3.63) is 76.6 Å². The molecule has 7 heteroatoms. The zero-order chi connectivity index (χ0) is 19.5. The quantitative estimate of drug-likeness (QED) is 0.547. The molecule has 0 bridgehead atoms. The Balaban J connectivity index is 1.78. The van der Waals surface area contributed by atoms with E-state index in [2.05, 4.69) is 9.98 Å². The molecule has 1 aliphatic heterocycles. The number of aromatic nitrogens is 1. The van der Waals surface area contributed by atoms with E-state index < -0.39 is 0 Å². The van der Waals surface area contributed by atoms with Gasteiger partial charge in [0.25, 0.3) is 5.91 Å². The number of ether oxygens (including phenoxy) is 1. The van der Waals surface area contributed by atoms with Crippen molar-refractivity contribution in [1.29, 1.82) is 0 Å². The predicted octanol–water partition coefficient (Wildman–Crippen LogP) is 5.35. The Morgan fingerprint density at radius 3 is 2.50 bits per heavy atom. The maximum absolute atomic E-state index is 13.3. The van der Waals surface area contributed by atoms with E-state index in [9.17, 15) is 4.79 Å². The highest BCUT2D eigenvalue weighted by atomic mass is 32.2. The van der Waals surface area contributed by atoms with Gasteiger partial charge in [0.05, 0.1) is 17.7 Å². The van der Waals surface area contributed by atoms with Gasteiger partial charge >= 0.3 is 0 Å². The van der Waals surface area contributed by atoms with Crippen LogP contribution in [-0.4, -0.2) is 23.2 Å². The van der Waals surface area contributed by atoms with E-state index in [-0.39, 0.29) is 5.91 Å². The van der Waals surface area contributed by atoms with Crippen molar-refractivity contribution in [2.45, 2.75) is 6.92 Å². The third kappa shape index (κ3) is 3.58. The smallest absolute Gasteiger partial charge is 0.271 e. The highest BCUT2D eigenvalue weighted by molar-refractivity contribution is 8.19. The Bertz CT molecular complexity index is 1040. The fourth-order valence-electron chi connectivity index (χ4n) is 2.81. The van der Waals surface area contributed by atoms with E-state index in [1.807, 2.05) is 66.9 Å². The van der Waals surface area contributed by atoms with Crippen molar-refractivity contribution in [2.24, 2.45) is 4.99 Å². The molecule has 1 aromatic heterocycles. The number of benzene rings is 2. The largest absolute Gasteiger partial charge is 0.497 e. The number of hydrogen-bond donors (Lipinski definition) is 0. The molecule has 1 saturated heterocycles. The van der Waals surface area contributed by atoms with Crippen molar-refractivity contribution in [1.82, 2.24) is 4.98 Å². The Morgan fingerprint density at radius 2 is 1.86 bits per heavy atom. The average molecular weight is 408 g/mol. The molecule has 28 heavy (non-hydrogen) atoms. The minimum Gasteiger partial charge on any atom is -0.497 e. The summed E-state index contributed by atoms with van der Waals surface area (Å²) in [7, 11) is 1.63. The summed E-state index contributed by atoms with van der Waals surface area (Å²) in [5, 5.41) is 3.10. The third-order valence-corrected chi connectivity index (χ3v) is 6.08. The lowest BCUT2D eigenvalue weighted by Crippen LogP contribution is -2.28. The lowest BCUT2D eigenvalue weighted by Gasteiger charge is -2.15. The molecular weight excluding hydrogens is 390 g/mol. The number of allylic oxidation sites excluding steroid dienone is 1. The molecule has 5 nitrogen and oxygen atoms in total. The molecule has 0 unspecified atom stereocenters. The summed E-state index contributed by atoms with van der Waals surface area (Å²) in [6, 6.07) is 17.2. The molecule has 0 atom stereocenters. The Hall–Kier alpha value is -2.90. The number of carbonyl (C=O) groups is 1. The van der Waals surface area contributed by atoms with Gasteiger partial charge in [-0.25, -0.2) is 4.98 Å². The summed E-state index contributed by atoms with van der Waals surface area (Å²) in [4.78, 5) is 24.5. The van der Waals surface area contributed by atoms with E-state index in [1.165, 1.54) is 23.1 Å². The summed E-state index contributed by atoms with van der Waals surface area (Å²) in [6.07, 6.45) is 1.71. The van der Waals surface area contributed by atoms with Crippen LogP contribution in [0, 0.1) is 0 Å². The molecule has 3 aromatic rings. The number of methoxy groups -OCH3 is 1. The highest BCUT2D eigenvalue weighted by Crippen LogP contribution is 2.40. The maximum atomic E-state index is 13.3. The van der Waals surface area contributed by atoms with Gasteiger partial charge in [-0.15, -0.1) is 11.3 Å². The summed E-state index contributed by atoms with van der Waals surface area (Å²) < 4.78 is 5.22. The van der Waals surface area contributed by atoms with E-state index in [1.54, 1.807) is 18.2 Å². The van der Waals surface area contributed by atoms with Gasteiger partial charge in [0.2, 0.25) is 5.13 Å². The first-order chi connectivity index (χ1) is 13.7. The standard InChI is InChI=1S/C21H17N3O2S2/c1-14(15-8-10-17(26-2)11-9-15)18-19(25)24(16-6-4-3-5-7-16)21(28-18)23-20-22-12-13-27-20/h3-13H,1-2H3/b18-14-,23-21+. The number of amidine groups is 1. The molecule has 2 heterocycles. The molecular formula is C21H17N3O2S2. The Labute approximate surface area is 171 Å². The van der Waals surface area contributed by atoms with Crippen LogP contribution in [0.4, 0.5) is 10.8 Å². The number of anilines is 1. The number of aliphatic imine (C=N–C) groups is 1. The van der Waals surface area contributed by atoms with Gasteiger partial charge in [0.15, 0.2) is 5.17 Å². The van der Waals surface area contributed by atoms with E-state index in [0.29, 0.717) is 15.2 Å². The lowest BCUT2D eigenvalue weighted by atomic mass is 10.1. The first kappa shape index (κ1) is 18.5. The van der Waals surface area contributed by atoms with Gasteiger partial charge < -0.3 is 4.74 Å². The van der Waals surface area contributed by atoms with Crippen molar-refractivity contribution < 1.29 is 9.53 Å². The van der Waals surface area contributed by atoms with Crippen LogP contribution in [0.2, 0.25) is 0 Å². The van der Waals surface area contributed by atoms with Crippen LogP contribution in [0.25, 0.3) is 5.57 Å². The van der Waals surface area contributed by atoms with Gasteiger partial charge in [-0.3, -0.25) is 9.69 Å². The first-order valence-corrected chi connectivity index (χ1v) is 10.3. The minimum absolute atomic E-state index is 0.0835. The van der Waals surface area contributed by atoms with Crippen LogP contribution in [0.1, 0.15) is 12.5 Å². The number of rotatable bonds is 4. The minimum atomic E-state index is -0.0835. The topological polar surface area (TPSA) is 54.8 Å². The molecule has 1 aliphatic rings. The van der Waals surface area contributed by atoms with Crippen molar-refractivity contribution in [3.63, 3.8) is 0 Å². The molecule has 4 rings (SSSR count). The molecule has 0 spiro atoms. The molecule has 1 fully saturated rings. The summed E-state index contributed by atoms with van der Waals surface area (Å²) in [6.45, 7) is 1.96. The van der Waals surface area contributed by atoms with Gasteiger partial charge in [-0.2, -0.15) is 4.99 Å².